The van der Waals surface area contributed by atoms with Gasteiger partial charge in [0.1, 0.15) is 0 Å². The summed E-state index contributed by atoms with van der Waals surface area (Å²) in [5, 5.41) is 4.53. The summed E-state index contributed by atoms with van der Waals surface area (Å²) in [6.07, 6.45) is 5.54. The van der Waals surface area contributed by atoms with Gasteiger partial charge in [0.15, 0.2) is 17.1 Å². The maximum Gasteiger partial charge on any atom is 0.173 e. The van der Waals surface area contributed by atoms with E-state index in [1.807, 2.05) is 37.6 Å². The first kappa shape index (κ1) is 18.0. The fourth-order valence-electron chi connectivity index (χ4n) is 4.19. The topological polar surface area (TPSA) is 58.4 Å². The standard InChI is InChI=1S/C22H23FN6/c1-13-9-28(10-14(2)25-13)18-6-16-4-5-20(27-21(16)24-8-18)17-7-19(23)22-26-15(3)11-29(22)12-17/h4-8,11-14,25H,9-10H2,1-3H3/t13-,14-/m1/s1. The Morgan fingerprint density at radius 2 is 1.86 bits per heavy atom. The second kappa shape index (κ2) is 6.77. The van der Waals surface area contributed by atoms with Crippen molar-refractivity contribution in [3.63, 3.8) is 0 Å². The Morgan fingerprint density at radius 1 is 1.07 bits per heavy atom. The molecule has 0 spiro atoms. The van der Waals surface area contributed by atoms with Gasteiger partial charge >= 0.3 is 0 Å². The normalized spacial score (nSPS) is 19.9. The van der Waals surface area contributed by atoms with E-state index in [1.54, 1.807) is 4.40 Å². The molecular formula is C22H23FN6. The highest BCUT2D eigenvalue weighted by molar-refractivity contribution is 5.81. The Morgan fingerprint density at radius 3 is 2.66 bits per heavy atom. The van der Waals surface area contributed by atoms with E-state index in [9.17, 15) is 4.39 Å². The predicted octanol–water partition coefficient (Wildman–Crippen LogP) is 3.58. The minimum atomic E-state index is -0.359. The van der Waals surface area contributed by atoms with E-state index in [2.05, 4.69) is 45.1 Å². The summed E-state index contributed by atoms with van der Waals surface area (Å²) in [4.78, 5) is 15.8. The van der Waals surface area contributed by atoms with Crippen LogP contribution >= 0.6 is 0 Å². The van der Waals surface area contributed by atoms with Crippen molar-refractivity contribution in [3.05, 3.63) is 54.4 Å². The Kier molecular flexibility index (Phi) is 4.20. The number of rotatable bonds is 2. The zero-order valence-electron chi connectivity index (χ0n) is 16.7. The van der Waals surface area contributed by atoms with E-state index in [4.69, 9.17) is 0 Å². The first-order valence-corrected chi connectivity index (χ1v) is 9.89. The van der Waals surface area contributed by atoms with Crippen molar-refractivity contribution < 1.29 is 4.39 Å². The minimum Gasteiger partial charge on any atom is -0.367 e. The van der Waals surface area contributed by atoms with E-state index in [0.29, 0.717) is 34.6 Å². The number of aryl methyl sites for hydroxylation is 1. The SMILES string of the molecule is Cc1cn2cc(-c3ccc4cc(N5C[C@@H](C)N[C@H](C)C5)cnc4n3)cc(F)c2n1. The molecule has 0 amide bonds. The largest absolute Gasteiger partial charge is 0.367 e. The van der Waals surface area contributed by atoms with Crippen LogP contribution in [0.2, 0.25) is 0 Å². The highest BCUT2D eigenvalue weighted by Gasteiger charge is 2.21. The highest BCUT2D eigenvalue weighted by Crippen LogP contribution is 2.25. The summed E-state index contributed by atoms with van der Waals surface area (Å²) in [6.45, 7) is 8.15. The molecule has 0 aliphatic carbocycles. The van der Waals surface area contributed by atoms with Crippen LogP contribution in [0.25, 0.3) is 27.9 Å². The van der Waals surface area contributed by atoms with Gasteiger partial charge in [-0.1, -0.05) is 0 Å². The second-order valence-corrected chi connectivity index (χ2v) is 8.00. The van der Waals surface area contributed by atoms with Gasteiger partial charge in [-0.2, -0.15) is 0 Å². The lowest BCUT2D eigenvalue weighted by Crippen LogP contribution is -2.54. The van der Waals surface area contributed by atoms with Gasteiger partial charge in [-0.15, -0.1) is 0 Å². The monoisotopic (exact) mass is 390 g/mol. The molecule has 0 saturated carbocycles. The van der Waals surface area contributed by atoms with Crippen molar-refractivity contribution in [2.75, 3.05) is 18.0 Å². The van der Waals surface area contributed by atoms with Crippen LogP contribution in [0.4, 0.5) is 10.1 Å². The van der Waals surface area contributed by atoms with E-state index in [1.165, 1.54) is 6.07 Å². The molecule has 1 saturated heterocycles. The van der Waals surface area contributed by atoms with Crippen LogP contribution in [0, 0.1) is 12.7 Å². The Bertz CT molecular complexity index is 1210. The average molecular weight is 390 g/mol. The van der Waals surface area contributed by atoms with E-state index in [0.717, 1.165) is 29.9 Å². The molecule has 4 aromatic heterocycles. The van der Waals surface area contributed by atoms with Gasteiger partial charge < -0.3 is 14.6 Å². The molecule has 1 aliphatic heterocycles. The zero-order valence-corrected chi connectivity index (χ0v) is 16.7. The fourth-order valence-corrected chi connectivity index (χ4v) is 4.19. The molecule has 0 unspecified atom stereocenters. The third kappa shape index (κ3) is 3.31. The average Bonchev–Trinajstić information content (AvgIpc) is 3.07. The summed E-state index contributed by atoms with van der Waals surface area (Å²) >= 11 is 0. The van der Waals surface area contributed by atoms with Crippen molar-refractivity contribution >= 4 is 22.4 Å². The van der Waals surface area contributed by atoms with Crippen LogP contribution in [0.15, 0.2) is 42.9 Å². The maximum atomic E-state index is 14.4. The molecule has 0 radical (unpaired) electrons. The molecule has 6 nitrogen and oxygen atoms in total. The van der Waals surface area contributed by atoms with Gasteiger partial charge in [0.25, 0.3) is 0 Å². The lowest BCUT2D eigenvalue weighted by molar-refractivity contribution is 0.407. The molecule has 4 aromatic rings. The van der Waals surface area contributed by atoms with Gasteiger partial charge in [0.05, 0.1) is 23.3 Å². The number of aromatic nitrogens is 4. The third-order valence-electron chi connectivity index (χ3n) is 5.37. The van der Waals surface area contributed by atoms with E-state index in [-0.39, 0.29) is 5.82 Å². The summed E-state index contributed by atoms with van der Waals surface area (Å²) in [5.41, 5.74) is 4.25. The van der Waals surface area contributed by atoms with Crippen molar-refractivity contribution in [1.82, 2.24) is 24.7 Å². The predicted molar refractivity (Wildman–Crippen MR) is 113 cm³/mol. The Hall–Kier alpha value is -3.06. The quantitative estimate of drug-likeness (QED) is 0.567. The lowest BCUT2D eigenvalue weighted by atomic mass is 10.1. The first-order chi connectivity index (χ1) is 14.0. The molecule has 1 aliphatic rings. The molecule has 1 fully saturated rings. The van der Waals surface area contributed by atoms with Crippen molar-refractivity contribution in [1.29, 1.82) is 0 Å². The Balaban J connectivity index is 1.51. The summed E-state index contributed by atoms with van der Waals surface area (Å²) in [6, 6.07) is 8.41. The highest BCUT2D eigenvalue weighted by atomic mass is 19.1. The third-order valence-corrected chi connectivity index (χ3v) is 5.37. The number of hydrogen-bond acceptors (Lipinski definition) is 5. The van der Waals surface area contributed by atoms with Crippen LogP contribution < -0.4 is 10.2 Å². The Labute approximate surface area is 168 Å². The zero-order chi connectivity index (χ0) is 20.1. The first-order valence-electron chi connectivity index (χ1n) is 9.89. The number of piperazine rings is 1. The lowest BCUT2D eigenvalue weighted by Gasteiger charge is -2.37. The summed E-state index contributed by atoms with van der Waals surface area (Å²) in [7, 11) is 0. The smallest absolute Gasteiger partial charge is 0.173 e. The number of nitrogens with zero attached hydrogens (tertiary/aromatic N) is 5. The molecule has 148 valence electrons. The second-order valence-electron chi connectivity index (χ2n) is 8.00. The molecule has 0 aromatic carbocycles. The molecule has 5 heterocycles. The van der Waals surface area contributed by atoms with Crippen LogP contribution in [0.5, 0.6) is 0 Å². The van der Waals surface area contributed by atoms with Gasteiger partial charge in [0, 0.05) is 48.5 Å². The number of fused-ring (bicyclic) bond motifs is 2. The van der Waals surface area contributed by atoms with E-state index < -0.39 is 0 Å². The van der Waals surface area contributed by atoms with Crippen LogP contribution in [-0.4, -0.2) is 44.5 Å². The van der Waals surface area contributed by atoms with Crippen LogP contribution in [0.3, 0.4) is 0 Å². The number of imidazole rings is 1. The van der Waals surface area contributed by atoms with Crippen molar-refractivity contribution in [3.8, 4) is 11.3 Å². The molecule has 7 heteroatoms. The fraction of sp³-hybridized carbons (Fsp3) is 0.318. The maximum absolute atomic E-state index is 14.4. The molecule has 29 heavy (non-hydrogen) atoms. The van der Waals surface area contributed by atoms with Gasteiger partial charge in [-0.25, -0.2) is 19.3 Å². The van der Waals surface area contributed by atoms with Crippen LogP contribution in [0.1, 0.15) is 19.5 Å². The molecule has 1 N–H and O–H groups in total. The molecule has 2 atom stereocenters. The molecule has 5 rings (SSSR count). The summed E-state index contributed by atoms with van der Waals surface area (Å²) < 4.78 is 16.1. The number of pyridine rings is 3. The van der Waals surface area contributed by atoms with E-state index >= 15 is 0 Å². The number of halogens is 1. The molecular weight excluding hydrogens is 367 g/mol. The van der Waals surface area contributed by atoms with Crippen molar-refractivity contribution in [2.24, 2.45) is 0 Å². The summed E-state index contributed by atoms with van der Waals surface area (Å²) in [5.74, 6) is -0.359. The number of hydrogen-bond donors (Lipinski definition) is 1. The van der Waals surface area contributed by atoms with Gasteiger partial charge in [0.2, 0.25) is 0 Å². The minimum absolute atomic E-state index is 0.328. The van der Waals surface area contributed by atoms with Crippen molar-refractivity contribution in [2.45, 2.75) is 32.9 Å². The number of nitrogens with one attached hydrogen (secondary N) is 1. The van der Waals surface area contributed by atoms with Crippen LogP contribution in [-0.2, 0) is 0 Å². The number of anilines is 1. The molecule has 0 bridgehead atoms. The van der Waals surface area contributed by atoms with Gasteiger partial charge in [-0.05, 0) is 45.0 Å². The van der Waals surface area contributed by atoms with Gasteiger partial charge in [-0.3, -0.25) is 0 Å².